The highest BCUT2D eigenvalue weighted by Crippen LogP contribution is 2.24. The second kappa shape index (κ2) is 6.87. The number of benzene rings is 1. The average Bonchev–Trinajstić information content (AvgIpc) is 3.08. The average molecular weight is 285 g/mol. The van der Waals surface area contributed by atoms with E-state index < -0.39 is 0 Å². The van der Waals surface area contributed by atoms with Gasteiger partial charge in [0.1, 0.15) is 0 Å². The van der Waals surface area contributed by atoms with Crippen LogP contribution in [0.15, 0.2) is 43.0 Å². The quantitative estimate of drug-likeness (QED) is 0.887. The Morgan fingerprint density at radius 1 is 1.19 bits per heavy atom. The van der Waals surface area contributed by atoms with Crippen LogP contribution in [-0.4, -0.2) is 27.3 Å². The second-order valence-electron chi connectivity index (χ2n) is 5.85. The van der Waals surface area contributed by atoms with E-state index in [0.717, 1.165) is 18.7 Å². The van der Waals surface area contributed by atoms with Crippen LogP contribution in [0.25, 0.3) is 5.69 Å². The zero-order valence-electron chi connectivity index (χ0n) is 12.3. The van der Waals surface area contributed by atoms with Crippen LogP contribution in [0.1, 0.15) is 31.2 Å². The molecule has 2 aromatic rings. The largest absolute Gasteiger partial charge is 0.396 e. The standard InChI is InChI=1S/C17H23N3O/c21-12-15-3-1-2-4-17(15)19-11-14-5-7-16(8-6-14)20-10-9-18-13-20/h5-10,13,15,17,19,21H,1-4,11-12H2. The van der Waals surface area contributed by atoms with Crippen LogP contribution in [0.5, 0.6) is 0 Å². The second-order valence-corrected chi connectivity index (χ2v) is 5.85. The molecule has 3 rings (SSSR count). The van der Waals surface area contributed by atoms with Gasteiger partial charge in [-0.1, -0.05) is 25.0 Å². The van der Waals surface area contributed by atoms with E-state index in [1.165, 1.54) is 24.8 Å². The summed E-state index contributed by atoms with van der Waals surface area (Å²) in [5, 5.41) is 13.1. The topological polar surface area (TPSA) is 50.1 Å². The number of aromatic nitrogens is 2. The van der Waals surface area contributed by atoms with Crippen molar-refractivity contribution in [2.75, 3.05) is 6.61 Å². The van der Waals surface area contributed by atoms with Crippen molar-refractivity contribution >= 4 is 0 Å². The van der Waals surface area contributed by atoms with Crippen molar-refractivity contribution in [3.8, 4) is 5.69 Å². The van der Waals surface area contributed by atoms with E-state index in [0.29, 0.717) is 18.6 Å². The van der Waals surface area contributed by atoms with Gasteiger partial charge in [-0.2, -0.15) is 0 Å². The van der Waals surface area contributed by atoms with E-state index in [-0.39, 0.29) is 0 Å². The minimum Gasteiger partial charge on any atom is -0.396 e. The van der Waals surface area contributed by atoms with Crippen molar-refractivity contribution in [2.45, 2.75) is 38.3 Å². The van der Waals surface area contributed by atoms with Gasteiger partial charge in [0.05, 0.1) is 6.33 Å². The first-order valence-corrected chi connectivity index (χ1v) is 7.78. The zero-order chi connectivity index (χ0) is 14.5. The van der Waals surface area contributed by atoms with Gasteiger partial charge >= 0.3 is 0 Å². The molecular formula is C17H23N3O. The molecule has 0 spiro atoms. The van der Waals surface area contributed by atoms with Gasteiger partial charge in [0, 0.05) is 37.3 Å². The first kappa shape index (κ1) is 14.3. The Bertz CT molecular complexity index is 536. The first-order valence-electron chi connectivity index (χ1n) is 7.78. The fraction of sp³-hybridized carbons (Fsp3) is 0.471. The van der Waals surface area contributed by atoms with E-state index in [4.69, 9.17) is 0 Å². The molecular weight excluding hydrogens is 262 g/mol. The molecule has 0 saturated heterocycles. The van der Waals surface area contributed by atoms with Crippen LogP contribution < -0.4 is 5.32 Å². The molecule has 1 heterocycles. The molecule has 4 heteroatoms. The number of hydrogen-bond donors (Lipinski definition) is 2. The minimum absolute atomic E-state index is 0.303. The van der Waals surface area contributed by atoms with Crippen molar-refractivity contribution in [1.82, 2.24) is 14.9 Å². The number of hydrogen-bond acceptors (Lipinski definition) is 3. The van der Waals surface area contributed by atoms with Crippen molar-refractivity contribution < 1.29 is 5.11 Å². The fourth-order valence-corrected chi connectivity index (χ4v) is 3.14. The molecule has 2 unspecified atom stereocenters. The number of imidazole rings is 1. The molecule has 1 fully saturated rings. The molecule has 1 aromatic carbocycles. The number of aliphatic hydroxyl groups is 1. The maximum Gasteiger partial charge on any atom is 0.0991 e. The van der Waals surface area contributed by atoms with Gasteiger partial charge in [-0.05, 0) is 36.5 Å². The van der Waals surface area contributed by atoms with Gasteiger partial charge in [-0.25, -0.2) is 4.98 Å². The van der Waals surface area contributed by atoms with Gasteiger partial charge in [0.25, 0.3) is 0 Å². The van der Waals surface area contributed by atoms with Crippen LogP contribution in [0.3, 0.4) is 0 Å². The van der Waals surface area contributed by atoms with E-state index in [1.807, 2.05) is 10.8 Å². The normalized spacial score (nSPS) is 22.3. The van der Waals surface area contributed by atoms with Crippen LogP contribution >= 0.6 is 0 Å². The molecule has 1 aliphatic carbocycles. The lowest BCUT2D eigenvalue weighted by Gasteiger charge is -2.31. The van der Waals surface area contributed by atoms with Crippen molar-refractivity contribution in [1.29, 1.82) is 0 Å². The van der Waals surface area contributed by atoms with Gasteiger partial charge < -0.3 is 15.0 Å². The molecule has 1 aliphatic rings. The Labute approximate surface area is 125 Å². The van der Waals surface area contributed by atoms with Crippen LogP contribution in [0.4, 0.5) is 0 Å². The van der Waals surface area contributed by atoms with Gasteiger partial charge in [-0.15, -0.1) is 0 Å². The fourth-order valence-electron chi connectivity index (χ4n) is 3.14. The number of nitrogens with zero attached hydrogens (tertiary/aromatic N) is 2. The van der Waals surface area contributed by atoms with Crippen molar-refractivity contribution in [3.05, 3.63) is 48.5 Å². The zero-order valence-corrected chi connectivity index (χ0v) is 12.3. The summed E-state index contributed by atoms with van der Waals surface area (Å²) in [4.78, 5) is 4.06. The third-order valence-corrected chi connectivity index (χ3v) is 4.45. The minimum atomic E-state index is 0.303. The third-order valence-electron chi connectivity index (χ3n) is 4.45. The summed E-state index contributed by atoms with van der Waals surface area (Å²) in [6.45, 7) is 1.17. The summed E-state index contributed by atoms with van der Waals surface area (Å²) < 4.78 is 2.00. The molecule has 1 aromatic heterocycles. The molecule has 21 heavy (non-hydrogen) atoms. The summed E-state index contributed by atoms with van der Waals surface area (Å²) >= 11 is 0. The maximum atomic E-state index is 9.45. The van der Waals surface area contributed by atoms with Gasteiger partial charge in [0.15, 0.2) is 0 Å². The lowest BCUT2D eigenvalue weighted by Crippen LogP contribution is -2.39. The SMILES string of the molecule is OCC1CCCCC1NCc1ccc(-n2ccnc2)cc1. The van der Waals surface area contributed by atoms with E-state index in [1.54, 1.807) is 12.5 Å². The van der Waals surface area contributed by atoms with E-state index >= 15 is 0 Å². The summed E-state index contributed by atoms with van der Waals surface area (Å²) in [5.74, 6) is 0.420. The molecule has 2 N–H and O–H groups in total. The summed E-state index contributed by atoms with van der Waals surface area (Å²) in [6.07, 6.45) is 10.4. The Balaban J connectivity index is 1.58. The van der Waals surface area contributed by atoms with Gasteiger partial charge in [-0.3, -0.25) is 0 Å². The van der Waals surface area contributed by atoms with Crippen molar-refractivity contribution in [2.24, 2.45) is 5.92 Å². The third kappa shape index (κ3) is 3.52. The highest BCUT2D eigenvalue weighted by molar-refractivity contribution is 5.34. The number of rotatable bonds is 5. The molecule has 0 radical (unpaired) electrons. The molecule has 112 valence electrons. The number of aliphatic hydroxyl groups excluding tert-OH is 1. The molecule has 1 saturated carbocycles. The molecule has 0 amide bonds. The maximum absolute atomic E-state index is 9.45. The smallest absolute Gasteiger partial charge is 0.0991 e. The lowest BCUT2D eigenvalue weighted by atomic mass is 9.85. The first-order chi connectivity index (χ1) is 10.4. The van der Waals surface area contributed by atoms with Crippen LogP contribution in [0.2, 0.25) is 0 Å². The Morgan fingerprint density at radius 2 is 2.00 bits per heavy atom. The molecule has 4 nitrogen and oxygen atoms in total. The summed E-state index contributed by atoms with van der Waals surface area (Å²) in [5.41, 5.74) is 2.41. The van der Waals surface area contributed by atoms with E-state index in [9.17, 15) is 5.11 Å². The highest BCUT2D eigenvalue weighted by Gasteiger charge is 2.23. The predicted octanol–water partition coefficient (Wildman–Crippen LogP) is 2.51. The lowest BCUT2D eigenvalue weighted by molar-refractivity contribution is 0.152. The highest BCUT2D eigenvalue weighted by atomic mass is 16.3. The van der Waals surface area contributed by atoms with Crippen LogP contribution in [0, 0.1) is 5.92 Å². The van der Waals surface area contributed by atoms with Crippen molar-refractivity contribution in [3.63, 3.8) is 0 Å². The Hall–Kier alpha value is -1.65. The molecule has 2 atom stereocenters. The Kier molecular flexibility index (Phi) is 4.68. The van der Waals surface area contributed by atoms with E-state index in [2.05, 4.69) is 34.6 Å². The van der Waals surface area contributed by atoms with Gasteiger partial charge in [0.2, 0.25) is 0 Å². The van der Waals surface area contributed by atoms with Crippen LogP contribution in [-0.2, 0) is 6.54 Å². The molecule has 0 bridgehead atoms. The summed E-state index contributed by atoms with van der Waals surface area (Å²) in [6, 6.07) is 8.99. The predicted molar refractivity (Wildman–Crippen MR) is 83.2 cm³/mol. The number of nitrogens with one attached hydrogen (secondary N) is 1. The summed E-state index contributed by atoms with van der Waals surface area (Å²) in [7, 11) is 0. The monoisotopic (exact) mass is 285 g/mol. The molecule has 0 aliphatic heterocycles. The Morgan fingerprint density at radius 3 is 2.71 bits per heavy atom.